The molecule has 0 saturated carbocycles. The van der Waals surface area contributed by atoms with Gasteiger partial charge in [0.05, 0.1) is 6.54 Å². The molecule has 1 unspecified atom stereocenters. The van der Waals surface area contributed by atoms with Gasteiger partial charge in [0.2, 0.25) is 5.91 Å². The Morgan fingerprint density at radius 2 is 1.91 bits per heavy atom. The lowest BCUT2D eigenvalue weighted by molar-refractivity contribution is -0.132. The van der Waals surface area contributed by atoms with Gasteiger partial charge in [0, 0.05) is 36.8 Å². The summed E-state index contributed by atoms with van der Waals surface area (Å²) in [4.78, 5) is 24.1. The summed E-state index contributed by atoms with van der Waals surface area (Å²) in [5.74, 6) is 2.09. The van der Waals surface area contributed by atoms with Crippen LogP contribution in [0.2, 0.25) is 0 Å². The third-order valence-corrected chi connectivity index (χ3v) is 6.38. The molecule has 1 atom stereocenters. The van der Waals surface area contributed by atoms with E-state index in [-0.39, 0.29) is 5.91 Å². The Morgan fingerprint density at radius 1 is 1.09 bits per heavy atom. The maximum Gasteiger partial charge on any atom is 0.224 e. The van der Waals surface area contributed by atoms with E-state index in [0.717, 1.165) is 55.4 Å². The van der Waals surface area contributed by atoms with Crippen molar-refractivity contribution in [3.05, 3.63) is 76.1 Å². The highest BCUT2D eigenvalue weighted by molar-refractivity contribution is 5.76. The number of rotatable bonds is 6. The molecule has 2 aromatic heterocycles. The molecule has 168 valence electrons. The van der Waals surface area contributed by atoms with Crippen LogP contribution in [0, 0.1) is 27.7 Å². The van der Waals surface area contributed by atoms with Crippen LogP contribution in [0.4, 0.5) is 0 Å². The highest BCUT2D eigenvalue weighted by Crippen LogP contribution is 2.28. The predicted molar refractivity (Wildman–Crippen MR) is 126 cm³/mol. The normalized spacial score (nSPS) is 16.4. The molecule has 1 saturated heterocycles. The number of hydrogen-bond donors (Lipinski definition) is 0. The Balaban J connectivity index is 1.43. The topological polar surface area (TPSA) is 63.9 Å². The molecule has 6 nitrogen and oxygen atoms in total. The summed E-state index contributed by atoms with van der Waals surface area (Å²) in [7, 11) is 0. The van der Waals surface area contributed by atoms with E-state index in [1.54, 1.807) is 0 Å². The smallest absolute Gasteiger partial charge is 0.224 e. The lowest BCUT2D eigenvalue weighted by Gasteiger charge is -2.33. The van der Waals surface area contributed by atoms with E-state index in [4.69, 9.17) is 4.98 Å². The molecule has 1 fully saturated rings. The van der Waals surface area contributed by atoms with E-state index in [0.29, 0.717) is 18.9 Å². The minimum Gasteiger partial charge on any atom is -0.342 e. The zero-order valence-electron chi connectivity index (χ0n) is 19.6. The summed E-state index contributed by atoms with van der Waals surface area (Å²) in [6, 6.07) is 13.0. The van der Waals surface area contributed by atoms with Crippen LogP contribution in [0.25, 0.3) is 0 Å². The summed E-state index contributed by atoms with van der Waals surface area (Å²) in [5.41, 5.74) is 6.13. The second-order valence-electron chi connectivity index (χ2n) is 9.00. The molecular formula is C26H33N5O. The molecular weight excluding hydrogens is 398 g/mol. The summed E-state index contributed by atoms with van der Waals surface area (Å²) >= 11 is 0. The molecule has 32 heavy (non-hydrogen) atoms. The summed E-state index contributed by atoms with van der Waals surface area (Å²) < 4.78 is 1.83. The number of piperidine rings is 1. The first-order valence-electron chi connectivity index (χ1n) is 11.6. The SMILES string of the molecule is Cc1cc(Cc2ccccc2C)cc(C2CCCN(C(=O)CCn3nc(C)nc3C)C2)n1. The zero-order valence-corrected chi connectivity index (χ0v) is 19.6. The third-order valence-electron chi connectivity index (χ3n) is 6.38. The van der Waals surface area contributed by atoms with Crippen molar-refractivity contribution in [2.24, 2.45) is 0 Å². The maximum absolute atomic E-state index is 12.9. The summed E-state index contributed by atoms with van der Waals surface area (Å²) in [5, 5.41) is 4.37. The highest BCUT2D eigenvalue weighted by Gasteiger charge is 2.26. The molecule has 0 aliphatic carbocycles. The second kappa shape index (κ2) is 9.63. The van der Waals surface area contributed by atoms with Gasteiger partial charge in [-0.3, -0.25) is 9.78 Å². The standard InChI is InChI=1S/C26H33N5O/c1-18-8-5-6-9-23(18)15-22-14-19(2)27-25(16-22)24-10-7-12-30(17-24)26(32)11-13-31-21(4)28-20(3)29-31/h5-6,8-9,14,16,24H,7,10-13,15,17H2,1-4H3. The van der Waals surface area contributed by atoms with Gasteiger partial charge in [-0.05, 0) is 75.8 Å². The number of amides is 1. The zero-order chi connectivity index (χ0) is 22.7. The maximum atomic E-state index is 12.9. The van der Waals surface area contributed by atoms with E-state index in [9.17, 15) is 4.79 Å². The van der Waals surface area contributed by atoms with Crippen LogP contribution in [0.5, 0.6) is 0 Å². The first kappa shape index (κ1) is 22.2. The molecule has 1 aliphatic heterocycles. The monoisotopic (exact) mass is 431 g/mol. The van der Waals surface area contributed by atoms with Crippen LogP contribution in [-0.2, 0) is 17.8 Å². The fourth-order valence-electron chi connectivity index (χ4n) is 4.69. The van der Waals surface area contributed by atoms with Crippen LogP contribution in [0.15, 0.2) is 36.4 Å². The minimum atomic E-state index is 0.190. The number of benzene rings is 1. The lowest BCUT2D eigenvalue weighted by atomic mass is 9.91. The Morgan fingerprint density at radius 3 is 2.66 bits per heavy atom. The van der Waals surface area contributed by atoms with E-state index < -0.39 is 0 Å². The molecule has 3 aromatic rings. The van der Waals surface area contributed by atoms with Gasteiger partial charge in [-0.25, -0.2) is 9.67 Å². The number of likely N-dealkylation sites (tertiary alicyclic amines) is 1. The number of aromatic nitrogens is 4. The molecule has 0 radical (unpaired) electrons. The Hall–Kier alpha value is -3.02. The Labute approximate surface area is 190 Å². The fraction of sp³-hybridized carbons (Fsp3) is 0.462. The van der Waals surface area contributed by atoms with Crippen LogP contribution in [0.3, 0.4) is 0 Å². The van der Waals surface area contributed by atoms with Crippen LogP contribution >= 0.6 is 0 Å². The molecule has 0 bridgehead atoms. The third kappa shape index (κ3) is 5.23. The van der Waals surface area contributed by atoms with Crippen molar-refractivity contribution >= 4 is 5.91 Å². The number of pyridine rings is 1. The Bertz CT molecular complexity index is 1100. The van der Waals surface area contributed by atoms with Crippen LogP contribution in [-0.4, -0.2) is 43.6 Å². The predicted octanol–water partition coefficient (Wildman–Crippen LogP) is 4.29. The average molecular weight is 432 g/mol. The van der Waals surface area contributed by atoms with Gasteiger partial charge < -0.3 is 4.90 Å². The van der Waals surface area contributed by atoms with Gasteiger partial charge in [0.25, 0.3) is 0 Å². The van der Waals surface area contributed by atoms with Gasteiger partial charge >= 0.3 is 0 Å². The van der Waals surface area contributed by atoms with Crippen molar-refractivity contribution < 1.29 is 4.79 Å². The number of carbonyl (C=O) groups excluding carboxylic acids is 1. The molecule has 1 amide bonds. The van der Waals surface area contributed by atoms with Gasteiger partial charge in [-0.2, -0.15) is 5.10 Å². The number of aryl methyl sites for hydroxylation is 5. The number of nitrogens with zero attached hydrogens (tertiary/aromatic N) is 5. The largest absolute Gasteiger partial charge is 0.342 e. The summed E-state index contributed by atoms with van der Waals surface area (Å²) in [6.45, 7) is 10.2. The van der Waals surface area contributed by atoms with E-state index >= 15 is 0 Å². The van der Waals surface area contributed by atoms with Crippen molar-refractivity contribution in [2.75, 3.05) is 13.1 Å². The lowest BCUT2D eigenvalue weighted by Crippen LogP contribution is -2.39. The molecule has 0 spiro atoms. The van der Waals surface area contributed by atoms with E-state index in [1.807, 2.05) is 23.4 Å². The quantitative estimate of drug-likeness (QED) is 0.584. The second-order valence-corrected chi connectivity index (χ2v) is 9.00. The summed E-state index contributed by atoms with van der Waals surface area (Å²) in [6.07, 6.45) is 3.46. The van der Waals surface area contributed by atoms with Crippen molar-refractivity contribution in [3.63, 3.8) is 0 Å². The van der Waals surface area contributed by atoms with E-state index in [2.05, 4.69) is 60.3 Å². The van der Waals surface area contributed by atoms with E-state index in [1.165, 1.54) is 16.7 Å². The van der Waals surface area contributed by atoms with Crippen LogP contribution < -0.4 is 0 Å². The van der Waals surface area contributed by atoms with Crippen LogP contribution in [0.1, 0.15) is 64.9 Å². The van der Waals surface area contributed by atoms with Crippen molar-refractivity contribution in [1.82, 2.24) is 24.6 Å². The molecule has 3 heterocycles. The molecule has 0 N–H and O–H groups in total. The van der Waals surface area contributed by atoms with Crippen molar-refractivity contribution in [3.8, 4) is 0 Å². The fourth-order valence-corrected chi connectivity index (χ4v) is 4.69. The van der Waals surface area contributed by atoms with Gasteiger partial charge in [0.1, 0.15) is 11.6 Å². The highest BCUT2D eigenvalue weighted by atomic mass is 16.2. The molecule has 6 heteroatoms. The van der Waals surface area contributed by atoms with Crippen molar-refractivity contribution in [2.45, 2.75) is 65.8 Å². The molecule has 4 rings (SSSR count). The number of carbonyl (C=O) groups is 1. The van der Waals surface area contributed by atoms with Gasteiger partial charge in [-0.1, -0.05) is 24.3 Å². The first-order chi connectivity index (χ1) is 15.4. The molecule has 1 aromatic carbocycles. The first-order valence-corrected chi connectivity index (χ1v) is 11.6. The van der Waals surface area contributed by atoms with Crippen molar-refractivity contribution in [1.29, 1.82) is 0 Å². The average Bonchev–Trinajstić information content (AvgIpc) is 3.10. The number of hydrogen-bond acceptors (Lipinski definition) is 4. The Kier molecular flexibility index (Phi) is 6.68. The van der Waals surface area contributed by atoms with Gasteiger partial charge in [0.15, 0.2) is 0 Å². The molecule has 1 aliphatic rings. The minimum absolute atomic E-state index is 0.190. The van der Waals surface area contributed by atoms with Gasteiger partial charge in [-0.15, -0.1) is 0 Å².